The molecule has 0 bridgehead atoms. The van der Waals surface area contributed by atoms with E-state index in [1.54, 1.807) is 0 Å². The molecular formula is C15H23Br2NO. The van der Waals surface area contributed by atoms with Crippen LogP contribution in [0.2, 0.25) is 0 Å². The minimum Gasteiger partial charge on any atom is -0.491 e. The molecule has 1 aromatic rings. The first kappa shape index (κ1) is 17.0. The summed E-state index contributed by atoms with van der Waals surface area (Å²) in [6.45, 7) is 11.3. The Labute approximate surface area is 133 Å². The average Bonchev–Trinajstić information content (AvgIpc) is 2.28. The molecule has 0 unspecified atom stereocenters. The van der Waals surface area contributed by atoms with E-state index < -0.39 is 0 Å². The first-order valence-electron chi connectivity index (χ1n) is 6.65. The standard InChI is InChI=1S/C15H23Br2NO/c1-5-18-10-11-8-12(16)14(13(17)9-11)19-7-6-15(2,3)4/h8-9,18H,5-7,10H2,1-4H3. The third-order valence-electron chi connectivity index (χ3n) is 2.74. The van der Waals surface area contributed by atoms with E-state index in [9.17, 15) is 0 Å². The number of rotatable bonds is 6. The van der Waals surface area contributed by atoms with Crippen LogP contribution in [0.3, 0.4) is 0 Å². The Morgan fingerprint density at radius 2 is 1.74 bits per heavy atom. The zero-order valence-corrected chi connectivity index (χ0v) is 15.3. The van der Waals surface area contributed by atoms with Crippen LogP contribution in [-0.4, -0.2) is 13.2 Å². The van der Waals surface area contributed by atoms with Crippen molar-refractivity contribution in [1.82, 2.24) is 5.32 Å². The van der Waals surface area contributed by atoms with Crippen LogP contribution in [0, 0.1) is 5.41 Å². The van der Waals surface area contributed by atoms with Gasteiger partial charge in [-0.15, -0.1) is 0 Å². The zero-order chi connectivity index (χ0) is 14.5. The van der Waals surface area contributed by atoms with Crippen molar-refractivity contribution in [3.63, 3.8) is 0 Å². The zero-order valence-electron chi connectivity index (χ0n) is 12.1. The van der Waals surface area contributed by atoms with Gasteiger partial charge in [-0.05, 0) is 67.9 Å². The van der Waals surface area contributed by atoms with E-state index in [1.165, 1.54) is 5.56 Å². The predicted molar refractivity (Wildman–Crippen MR) is 88.8 cm³/mol. The molecule has 1 rings (SSSR count). The van der Waals surface area contributed by atoms with Crippen molar-refractivity contribution in [3.8, 4) is 5.75 Å². The molecule has 19 heavy (non-hydrogen) atoms. The van der Waals surface area contributed by atoms with Crippen molar-refractivity contribution >= 4 is 31.9 Å². The second kappa shape index (κ2) is 7.65. The largest absolute Gasteiger partial charge is 0.491 e. The van der Waals surface area contributed by atoms with Gasteiger partial charge < -0.3 is 10.1 Å². The lowest BCUT2D eigenvalue weighted by Crippen LogP contribution is -2.13. The van der Waals surface area contributed by atoms with Gasteiger partial charge in [-0.25, -0.2) is 0 Å². The maximum absolute atomic E-state index is 5.89. The van der Waals surface area contributed by atoms with Crippen LogP contribution in [0.25, 0.3) is 0 Å². The Hall–Kier alpha value is -0.0600. The third kappa shape index (κ3) is 6.28. The summed E-state index contributed by atoms with van der Waals surface area (Å²) >= 11 is 7.18. The van der Waals surface area contributed by atoms with Gasteiger partial charge in [0.05, 0.1) is 15.6 Å². The van der Waals surface area contributed by atoms with Crippen LogP contribution < -0.4 is 10.1 Å². The quantitative estimate of drug-likeness (QED) is 0.723. The van der Waals surface area contributed by atoms with E-state index in [1.807, 2.05) is 0 Å². The van der Waals surface area contributed by atoms with Crippen molar-refractivity contribution in [2.24, 2.45) is 5.41 Å². The number of ether oxygens (including phenoxy) is 1. The third-order valence-corrected chi connectivity index (χ3v) is 3.91. The topological polar surface area (TPSA) is 21.3 Å². The first-order chi connectivity index (χ1) is 8.83. The van der Waals surface area contributed by atoms with Gasteiger partial charge in [-0.2, -0.15) is 0 Å². The fraction of sp³-hybridized carbons (Fsp3) is 0.600. The van der Waals surface area contributed by atoms with Crippen LogP contribution in [0.4, 0.5) is 0 Å². The average molecular weight is 393 g/mol. The highest BCUT2D eigenvalue weighted by molar-refractivity contribution is 9.11. The maximum atomic E-state index is 5.89. The summed E-state index contributed by atoms with van der Waals surface area (Å²) < 4.78 is 7.90. The lowest BCUT2D eigenvalue weighted by atomic mass is 9.93. The second-order valence-electron chi connectivity index (χ2n) is 5.83. The highest BCUT2D eigenvalue weighted by Gasteiger charge is 2.13. The van der Waals surface area contributed by atoms with E-state index >= 15 is 0 Å². The molecule has 0 saturated heterocycles. The lowest BCUT2D eigenvalue weighted by molar-refractivity contribution is 0.241. The molecule has 0 heterocycles. The molecule has 1 N–H and O–H groups in total. The fourth-order valence-electron chi connectivity index (χ4n) is 1.58. The van der Waals surface area contributed by atoms with E-state index in [-0.39, 0.29) is 0 Å². The Kier molecular flexibility index (Phi) is 6.84. The maximum Gasteiger partial charge on any atom is 0.147 e. The van der Waals surface area contributed by atoms with Crippen molar-refractivity contribution in [2.75, 3.05) is 13.2 Å². The highest BCUT2D eigenvalue weighted by Crippen LogP contribution is 2.35. The smallest absolute Gasteiger partial charge is 0.147 e. The molecule has 2 nitrogen and oxygen atoms in total. The van der Waals surface area contributed by atoms with E-state index in [0.29, 0.717) is 5.41 Å². The van der Waals surface area contributed by atoms with Gasteiger partial charge in [-0.1, -0.05) is 27.7 Å². The number of hydrogen-bond acceptors (Lipinski definition) is 2. The summed E-state index contributed by atoms with van der Waals surface area (Å²) in [5.41, 5.74) is 1.54. The van der Waals surface area contributed by atoms with Gasteiger partial charge in [0.2, 0.25) is 0 Å². The van der Waals surface area contributed by atoms with Gasteiger partial charge >= 0.3 is 0 Å². The lowest BCUT2D eigenvalue weighted by Gasteiger charge is -2.19. The summed E-state index contributed by atoms with van der Waals surface area (Å²) in [5.74, 6) is 0.893. The summed E-state index contributed by atoms with van der Waals surface area (Å²) in [7, 11) is 0. The van der Waals surface area contributed by atoms with Gasteiger partial charge in [0.15, 0.2) is 0 Å². The molecule has 108 valence electrons. The molecule has 1 aromatic carbocycles. The van der Waals surface area contributed by atoms with Gasteiger partial charge in [0.1, 0.15) is 5.75 Å². The van der Waals surface area contributed by atoms with Crippen LogP contribution >= 0.6 is 31.9 Å². The molecule has 4 heteroatoms. The summed E-state index contributed by atoms with van der Waals surface area (Å²) in [6.07, 6.45) is 1.03. The van der Waals surface area contributed by atoms with Crippen molar-refractivity contribution in [2.45, 2.75) is 40.7 Å². The predicted octanol–water partition coefficient (Wildman–Crippen LogP) is 5.14. The summed E-state index contributed by atoms with van der Waals surface area (Å²) in [5, 5.41) is 3.32. The van der Waals surface area contributed by atoms with Gasteiger partial charge in [0.25, 0.3) is 0 Å². The molecule has 0 amide bonds. The molecule has 0 aliphatic carbocycles. The molecule has 0 aromatic heterocycles. The Bertz CT molecular complexity index is 390. The molecular weight excluding hydrogens is 370 g/mol. The first-order valence-corrected chi connectivity index (χ1v) is 8.23. The molecule has 0 spiro atoms. The summed E-state index contributed by atoms with van der Waals surface area (Å²) in [6, 6.07) is 4.22. The SMILES string of the molecule is CCNCc1cc(Br)c(OCCC(C)(C)C)c(Br)c1. The van der Waals surface area contributed by atoms with E-state index in [4.69, 9.17) is 4.74 Å². The molecule has 0 aliphatic rings. The Balaban J connectivity index is 2.69. The number of benzene rings is 1. The number of nitrogens with one attached hydrogen (secondary N) is 1. The van der Waals surface area contributed by atoms with Crippen molar-refractivity contribution in [3.05, 3.63) is 26.6 Å². The van der Waals surface area contributed by atoms with Crippen molar-refractivity contribution in [1.29, 1.82) is 0 Å². The summed E-state index contributed by atoms with van der Waals surface area (Å²) in [4.78, 5) is 0. The molecule has 0 radical (unpaired) electrons. The Morgan fingerprint density at radius 3 is 2.21 bits per heavy atom. The van der Waals surface area contributed by atoms with Gasteiger partial charge in [-0.3, -0.25) is 0 Å². The Morgan fingerprint density at radius 1 is 1.16 bits per heavy atom. The number of hydrogen-bond donors (Lipinski definition) is 1. The van der Waals surface area contributed by atoms with Crippen LogP contribution in [0.1, 0.15) is 39.7 Å². The van der Waals surface area contributed by atoms with E-state index in [0.717, 1.165) is 40.8 Å². The second-order valence-corrected chi connectivity index (χ2v) is 7.54. The van der Waals surface area contributed by atoms with Crippen molar-refractivity contribution < 1.29 is 4.74 Å². The highest BCUT2D eigenvalue weighted by atomic mass is 79.9. The minimum absolute atomic E-state index is 0.296. The van der Waals surface area contributed by atoms with E-state index in [2.05, 4.69) is 77.0 Å². The molecule has 0 fully saturated rings. The van der Waals surface area contributed by atoms with Gasteiger partial charge in [0, 0.05) is 6.54 Å². The van der Waals surface area contributed by atoms with Crippen LogP contribution in [0.15, 0.2) is 21.1 Å². The minimum atomic E-state index is 0.296. The monoisotopic (exact) mass is 391 g/mol. The fourth-order valence-corrected chi connectivity index (χ4v) is 3.09. The van der Waals surface area contributed by atoms with Crippen LogP contribution in [0.5, 0.6) is 5.75 Å². The molecule has 0 saturated carbocycles. The normalized spacial score (nSPS) is 11.7. The molecule has 0 atom stereocenters. The number of halogens is 2. The molecule has 0 aliphatic heterocycles. The van der Waals surface area contributed by atoms with Crippen LogP contribution in [-0.2, 0) is 6.54 Å².